The Morgan fingerprint density at radius 3 is 1.89 bits per heavy atom. The Balaban J connectivity index is 0.00000208. The number of para-hydroxylation sites is 2. The second-order valence-corrected chi connectivity index (χ2v) is 16.7. The number of hydrogen-bond donors (Lipinski definition) is 0. The summed E-state index contributed by atoms with van der Waals surface area (Å²) < 4.78 is 11.2. The van der Waals surface area contributed by atoms with Crippen molar-refractivity contribution in [1.82, 2.24) is 19.5 Å². The lowest BCUT2D eigenvalue weighted by atomic mass is 9.95. The van der Waals surface area contributed by atoms with Gasteiger partial charge >= 0.3 is 0 Å². The molecule has 13 rings (SSSR count). The molecule has 4 aromatic heterocycles. The minimum atomic E-state index is 0.543. The number of furan rings is 1. The first kappa shape index (κ1) is 36.9. The molecule has 0 bridgehead atoms. The highest BCUT2D eigenvalue weighted by molar-refractivity contribution is 7.25. The maximum absolute atomic E-state index is 6.36. The minimum Gasteiger partial charge on any atom is -0.456 e. The van der Waals surface area contributed by atoms with Crippen LogP contribution < -0.4 is 0 Å². The Kier molecular flexibility index (Phi) is 8.73. The van der Waals surface area contributed by atoms with Gasteiger partial charge in [-0.3, -0.25) is 4.57 Å². The number of nitrogens with zero attached hydrogens (tertiary/aromatic N) is 4. The van der Waals surface area contributed by atoms with Gasteiger partial charge in [0.2, 0.25) is 5.95 Å². The topological polar surface area (TPSA) is 56.7 Å². The van der Waals surface area contributed by atoms with Gasteiger partial charge in [-0.05, 0) is 76.0 Å². The van der Waals surface area contributed by atoms with Crippen molar-refractivity contribution in [1.29, 1.82) is 0 Å². The third-order valence-corrected chi connectivity index (χ3v) is 13.2. The molecule has 0 fully saturated rings. The SMILES string of the molecule is CC.c1ccc(-c2nc(-c3ccc4c(c3)oc3ccccc34)nc(-n3c4cc5ccccc5cc4c4cccc(-c5cccc(-c6cccc7sc8ccccc8c67)c5)c43)n2)cc1. The number of rotatable bonds is 5. The van der Waals surface area contributed by atoms with Crippen LogP contribution in [0.25, 0.3) is 126 Å². The second kappa shape index (κ2) is 14.9. The fraction of sp³-hybridized carbons (Fsp3) is 0.0351. The Morgan fingerprint density at radius 2 is 1.03 bits per heavy atom. The van der Waals surface area contributed by atoms with E-state index >= 15 is 0 Å². The predicted molar refractivity (Wildman–Crippen MR) is 265 cm³/mol. The summed E-state index contributed by atoms with van der Waals surface area (Å²) in [6, 6.07) is 68.7. The van der Waals surface area contributed by atoms with Gasteiger partial charge in [0.25, 0.3) is 0 Å². The van der Waals surface area contributed by atoms with Gasteiger partial charge in [0.05, 0.1) is 11.0 Å². The molecule has 0 atom stereocenters. The Labute approximate surface area is 367 Å². The van der Waals surface area contributed by atoms with Crippen molar-refractivity contribution in [2.45, 2.75) is 13.8 Å². The summed E-state index contributed by atoms with van der Waals surface area (Å²) >= 11 is 1.85. The Hall–Kier alpha value is -7.93. The fourth-order valence-corrected chi connectivity index (χ4v) is 10.4. The van der Waals surface area contributed by atoms with Gasteiger partial charge in [-0.15, -0.1) is 11.3 Å². The van der Waals surface area contributed by atoms with Crippen molar-refractivity contribution in [3.8, 4) is 51.0 Å². The van der Waals surface area contributed by atoms with Gasteiger partial charge in [-0.25, -0.2) is 4.98 Å². The summed E-state index contributed by atoms with van der Waals surface area (Å²) in [6.07, 6.45) is 0. The molecule has 0 N–H and O–H groups in total. The van der Waals surface area contributed by atoms with Crippen LogP contribution in [0.5, 0.6) is 0 Å². The van der Waals surface area contributed by atoms with Gasteiger partial charge in [0.15, 0.2) is 11.6 Å². The van der Waals surface area contributed by atoms with Crippen LogP contribution in [-0.2, 0) is 0 Å². The molecular formula is C57H38N4OS. The fourth-order valence-electron chi connectivity index (χ4n) is 9.24. The van der Waals surface area contributed by atoms with Gasteiger partial charge in [0.1, 0.15) is 11.2 Å². The smallest absolute Gasteiger partial charge is 0.238 e. The van der Waals surface area contributed by atoms with E-state index in [1.54, 1.807) is 0 Å². The Morgan fingerprint density at radius 1 is 0.413 bits per heavy atom. The van der Waals surface area contributed by atoms with Crippen LogP contribution in [0.2, 0.25) is 0 Å². The number of benzene rings is 9. The van der Waals surface area contributed by atoms with Crippen molar-refractivity contribution in [2.75, 3.05) is 0 Å². The molecule has 0 saturated carbocycles. The number of hydrogen-bond acceptors (Lipinski definition) is 5. The first-order valence-electron chi connectivity index (χ1n) is 21.4. The zero-order chi connectivity index (χ0) is 42.0. The lowest BCUT2D eigenvalue weighted by molar-refractivity contribution is 0.669. The summed E-state index contributed by atoms with van der Waals surface area (Å²) in [7, 11) is 0. The molecule has 298 valence electrons. The van der Waals surface area contributed by atoms with E-state index in [1.807, 2.05) is 61.6 Å². The molecule has 5 nitrogen and oxygen atoms in total. The van der Waals surface area contributed by atoms with E-state index < -0.39 is 0 Å². The molecule has 0 aliphatic heterocycles. The van der Waals surface area contributed by atoms with Gasteiger partial charge in [-0.1, -0.05) is 159 Å². The molecule has 0 aliphatic rings. The summed E-state index contributed by atoms with van der Waals surface area (Å²) in [6.45, 7) is 4.00. The van der Waals surface area contributed by atoms with Crippen LogP contribution in [0, 0.1) is 0 Å². The highest BCUT2D eigenvalue weighted by atomic mass is 32.1. The van der Waals surface area contributed by atoms with E-state index in [0.717, 1.165) is 71.4 Å². The van der Waals surface area contributed by atoms with Crippen LogP contribution in [0.4, 0.5) is 0 Å². The summed E-state index contributed by atoms with van der Waals surface area (Å²) in [5.41, 5.74) is 10.1. The average Bonchev–Trinajstić information content (AvgIpc) is 4.03. The lowest BCUT2D eigenvalue weighted by Gasteiger charge is -2.14. The molecule has 0 spiro atoms. The molecule has 9 aromatic carbocycles. The van der Waals surface area contributed by atoms with Crippen molar-refractivity contribution >= 4 is 86.0 Å². The highest BCUT2D eigenvalue weighted by Crippen LogP contribution is 2.43. The predicted octanol–water partition coefficient (Wildman–Crippen LogP) is 16.1. The standard InChI is InChI=1S/C55H32N4OS.C2H6/c1-2-13-33(14-3-1)53-56-54(38-27-28-42-41-19-6-8-24-47(41)60-48(42)32-38)58-55(57-53)59-46-31-35-16-5-4-15-34(35)30-45(46)43-23-11-22-40(52(43)59)37-18-10-17-36(29-37)39-21-12-26-50-51(39)44-20-7-9-25-49(44)61-50;1-2/h1-32H;1-2H3. The molecule has 0 aliphatic carbocycles. The largest absolute Gasteiger partial charge is 0.456 e. The first-order chi connectivity index (χ1) is 31.2. The van der Waals surface area contributed by atoms with Crippen LogP contribution in [-0.4, -0.2) is 19.5 Å². The third-order valence-electron chi connectivity index (χ3n) is 12.0. The van der Waals surface area contributed by atoms with E-state index in [0.29, 0.717) is 17.6 Å². The highest BCUT2D eigenvalue weighted by Gasteiger charge is 2.22. The van der Waals surface area contributed by atoms with Crippen LogP contribution >= 0.6 is 11.3 Å². The summed E-state index contributed by atoms with van der Waals surface area (Å²) in [5.74, 6) is 1.70. The molecule has 6 heteroatoms. The quantitative estimate of drug-likeness (QED) is 0.173. The molecular weight excluding hydrogens is 789 g/mol. The molecule has 63 heavy (non-hydrogen) atoms. The van der Waals surface area contributed by atoms with Gasteiger partial charge in [0, 0.05) is 58.4 Å². The van der Waals surface area contributed by atoms with Gasteiger partial charge in [-0.2, -0.15) is 9.97 Å². The van der Waals surface area contributed by atoms with E-state index in [9.17, 15) is 0 Å². The molecule has 4 heterocycles. The van der Waals surface area contributed by atoms with E-state index in [2.05, 4.69) is 162 Å². The molecule has 0 saturated heterocycles. The minimum absolute atomic E-state index is 0.543. The van der Waals surface area contributed by atoms with E-state index in [4.69, 9.17) is 19.4 Å². The van der Waals surface area contributed by atoms with Crippen LogP contribution in [0.3, 0.4) is 0 Å². The van der Waals surface area contributed by atoms with Crippen molar-refractivity contribution in [3.05, 3.63) is 194 Å². The van der Waals surface area contributed by atoms with Crippen LogP contribution in [0.1, 0.15) is 13.8 Å². The molecule has 0 radical (unpaired) electrons. The summed E-state index contributed by atoms with van der Waals surface area (Å²) in [5, 5.41) is 9.31. The average molecular weight is 827 g/mol. The monoisotopic (exact) mass is 826 g/mol. The Bertz CT molecular complexity index is 3900. The normalized spacial score (nSPS) is 11.7. The van der Waals surface area contributed by atoms with Gasteiger partial charge < -0.3 is 4.42 Å². The van der Waals surface area contributed by atoms with Crippen molar-refractivity contribution < 1.29 is 4.42 Å². The second-order valence-electron chi connectivity index (χ2n) is 15.6. The molecule has 0 unspecified atom stereocenters. The summed E-state index contributed by atoms with van der Waals surface area (Å²) in [4.78, 5) is 15.8. The van der Waals surface area contributed by atoms with Crippen LogP contribution in [0.15, 0.2) is 199 Å². The maximum atomic E-state index is 6.36. The third kappa shape index (κ3) is 6.02. The van der Waals surface area contributed by atoms with Crippen molar-refractivity contribution in [3.63, 3.8) is 0 Å². The number of fused-ring (bicyclic) bond motifs is 10. The number of thiophene rings is 1. The first-order valence-corrected chi connectivity index (χ1v) is 22.2. The lowest BCUT2D eigenvalue weighted by Crippen LogP contribution is -2.07. The zero-order valence-electron chi connectivity index (χ0n) is 34.6. The zero-order valence-corrected chi connectivity index (χ0v) is 35.4. The molecule has 13 aromatic rings. The maximum Gasteiger partial charge on any atom is 0.238 e. The van der Waals surface area contributed by atoms with E-state index in [1.165, 1.54) is 36.7 Å². The number of aromatic nitrogens is 4. The van der Waals surface area contributed by atoms with E-state index in [-0.39, 0.29) is 0 Å². The molecule has 0 amide bonds. The van der Waals surface area contributed by atoms with Crippen molar-refractivity contribution in [2.24, 2.45) is 0 Å².